The molecule has 0 amide bonds. The molecule has 1 aromatic rings. The van der Waals surface area contributed by atoms with E-state index in [-0.39, 0.29) is 5.56 Å². The first-order valence-corrected chi connectivity index (χ1v) is 6.02. The summed E-state index contributed by atoms with van der Waals surface area (Å²) in [4.78, 5) is 19.3. The van der Waals surface area contributed by atoms with E-state index in [1.807, 2.05) is 0 Å². The minimum Gasteiger partial charge on any atom is -0.311 e. The van der Waals surface area contributed by atoms with Crippen molar-refractivity contribution in [2.24, 2.45) is 5.92 Å². The molecule has 1 unspecified atom stereocenters. The summed E-state index contributed by atoms with van der Waals surface area (Å²) in [6.45, 7) is 5.94. The van der Waals surface area contributed by atoms with E-state index < -0.39 is 0 Å². The number of hydrogen-bond acceptors (Lipinski definition) is 3. The fourth-order valence-electron chi connectivity index (χ4n) is 1.99. The second-order valence-electron chi connectivity index (χ2n) is 4.58. The van der Waals surface area contributed by atoms with Crippen LogP contribution in [0.4, 0.5) is 0 Å². The molecule has 1 aliphatic rings. The second-order valence-corrected chi connectivity index (χ2v) is 4.58. The normalized spacial score (nSPS) is 16.9. The van der Waals surface area contributed by atoms with Crippen LogP contribution in [0, 0.1) is 5.92 Å². The quantitative estimate of drug-likeness (QED) is 0.800. The van der Waals surface area contributed by atoms with Gasteiger partial charge in [0.25, 0.3) is 5.56 Å². The smallest absolute Gasteiger partial charge is 0.254 e. The number of aromatic amines is 1. The van der Waals surface area contributed by atoms with Crippen molar-refractivity contribution in [3.8, 4) is 0 Å². The van der Waals surface area contributed by atoms with Gasteiger partial charge in [0.2, 0.25) is 0 Å². The molecule has 1 aliphatic heterocycles. The van der Waals surface area contributed by atoms with Gasteiger partial charge in [0.15, 0.2) is 0 Å². The molecule has 0 aliphatic carbocycles. The highest BCUT2D eigenvalue weighted by Gasteiger charge is 2.15. The third-order valence-corrected chi connectivity index (χ3v) is 3.23. The molecular weight excluding hydrogens is 202 g/mol. The third kappa shape index (κ3) is 2.32. The van der Waals surface area contributed by atoms with Crippen LogP contribution in [0.5, 0.6) is 0 Å². The van der Waals surface area contributed by atoms with Gasteiger partial charge in [-0.3, -0.25) is 4.79 Å². The molecule has 0 aromatic carbocycles. The number of hydrogen-bond donors (Lipinski definition) is 2. The van der Waals surface area contributed by atoms with Crippen LogP contribution in [0.2, 0.25) is 0 Å². The molecule has 4 heteroatoms. The van der Waals surface area contributed by atoms with Crippen LogP contribution in [0.15, 0.2) is 4.79 Å². The highest BCUT2D eigenvalue weighted by molar-refractivity contribution is 5.20. The fraction of sp³-hybridized carbons (Fsp3) is 0.667. The van der Waals surface area contributed by atoms with Gasteiger partial charge in [0.05, 0.1) is 5.69 Å². The number of fused-ring (bicyclic) bond motifs is 1. The molecule has 0 saturated carbocycles. The van der Waals surface area contributed by atoms with Gasteiger partial charge in [0.1, 0.15) is 5.82 Å². The van der Waals surface area contributed by atoms with E-state index in [1.54, 1.807) is 0 Å². The summed E-state index contributed by atoms with van der Waals surface area (Å²) in [7, 11) is 0. The van der Waals surface area contributed by atoms with E-state index in [0.29, 0.717) is 5.92 Å². The lowest BCUT2D eigenvalue weighted by Gasteiger charge is -2.16. The summed E-state index contributed by atoms with van der Waals surface area (Å²) in [5.74, 6) is 1.40. The number of aromatic nitrogens is 2. The number of H-pyrrole nitrogens is 1. The summed E-state index contributed by atoms with van der Waals surface area (Å²) < 4.78 is 0. The highest BCUT2D eigenvalue weighted by atomic mass is 16.1. The minimum absolute atomic E-state index is 0.0600. The monoisotopic (exact) mass is 221 g/mol. The van der Waals surface area contributed by atoms with Crippen LogP contribution in [-0.4, -0.2) is 16.5 Å². The Hall–Kier alpha value is -1.16. The Labute approximate surface area is 95.5 Å². The van der Waals surface area contributed by atoms with Crippen molar-refractivity contribution in [3.05, 3.63) is 27.4 Å². The van der Waals surface area contributed by atoms with Crippen molar-refractivity contribution in [1.82, 2.24) is 15.3 Å². The van der Waals surface area contributed by atoms with E-state index in [1.165, 1.54) is 0 Å². The molecule has 2 N–H and O–H groups in total. The van der Waals surface area contributed by atoms with Gasteiger partial charge in [-0.15, -0.1) is 0 Å². The van der Waals surface area contributed by atoms with E-state index in [2.05, 4.69) is 29.1 Å². The third-order valence-electron chi connectivity index (χ3n) is 3.23. The Morgan fingerprint density at radius 2 is 2.31 bits per heavy atom. The van der Waals surface area contributed by atoms with Crippen molar-refractivity contribution in [2.75, 3.05) is 6.54 Å². The maximum atomic E-state index is 11.8. The largest absolute Gasteiger partial charge is 0.311 e. The standard InChI is InChI=1S/C12H19N3O/c1-3-8(2)6-11-14-10-7-13-5-4-9(10)12(16)15-11/h8,13H,3-7H2,1-2H3,(H,14,15,16). The molecule has 2 heterocycles. The first-order chi connectivity index (χ1) is 7.70. The maximum Gasteiger partial charge on any atom is 0.254 e. The van der Waals surface area contributed by atoms with Crippen LogP contribution in [0.25, 0.3) is 0 Å². The van der Waals surface area contributed by atoms with Gasteiger partial charge in [-0.05, 0) is 18.9 Å². The van der Waals surface area contributed by atoms with Gasteiger partial charge < -0.3 is 10.3 Å². The predicted molar refractivity (Wildman–Crippen MR) is 63.4 cm³/mol. The molecule has 0 bridgehead atoms. The van der Waals surface area contributed by atoms with E-state index in [4.69, 9.17) is 0 Å². The van der Waals surface area contributed by atoms with Crippen LogP contribution >= 0.6 is 0 Å². The van der Waals surface area contributed by atoms with Crippen molar-refractivity contribution < 1.29 is 0 Å². The number of nitrogens with one attached hydrogen (secondary N) is 2. The summed E-state index contributed by atoms with van der Waals surface area (Å²) in [5, 5.41) is 3.25. The first-order valence-electron chi connectivity index (χ1n) is 6.02. The Bertz CT molecular complexity index is 425. The summed E-state index contributed by atoms with van der Waals surface area (Å²) in [6, 6.07) is 0. The van der Waals surface area contributed by atoms with Crippen LogP contribution < -0.4 is 10.9 Å². The lowest BCUT2D eigenvalue weighted by Crippen LogP contribution is -2.32. The first kappa shape index (κ1) is 11.3. The van der Waals surface area contributed by atoms with E-state index in [9.17, 15) is 4.79 Å². The molecule has 1 aromatic heterocycles. The maximum absolute atomic E-state index is 11.8. The van der Waals surface area contributed by atoms with Gasteiger partial charge in [-0.2, -0.15) is 0 Å². The Morgan fingerprint density at radius 1 is 1.50 bits per heavy atom. The molecule has 0 fully saturated rings. The molecule has 4 nitrogen and oxygen atoms in total. The van der Waals surface area contributed by atoms with Gasteiger partial charge in [-0.1, -0.05) is 20.3 Å². The zero-order valence-electron chi connectivity index (χ0n) is 9.97. The van der Waals surface area contributed by atoms with Gasteiger partial charge >= 0.3 is 0 Å². The second kappa shape index (κ2) is 4.78. The lowest BCUT2D eigenvalue weighted by atomic mass is 10.0. The van der Waals surface area contributed by atoms with Crippen LogP contribution in [0.1, 0.15) is 37.4 Å². The molecule has 2 rings (SSSR count). The Kier molecular flexibility index (Phi) is 3.39. The van der Waals surface area contributed by atoms with Crippen LogP contribution in [0.3, 0.4) is 0 Å². The molecule has 0 spiro atoms. The number of rotatable bonds is 3. The predicted octanol–water partition coefficient (Wildman–Crippen LogP) is 1.00. The van der Waals surface area contributed by atoms with Crippen molar-refractivity contribution in [2.45, 2.75) is 39.7 Å². The Balaban J connectivity index is 2.28. The SMILES string of the molecule is CCC(C)Cc1nc2c(c(=O)[nH]1)CCNC2. The average Bonchev–Trinajstić information content (AvgIpc) is 2.29. The Morgan fingerprint density at radius 3 is 3.06 bits per heavy atom. The summed E-state index contributed by atoms with van der Waals surface area (Å²) in [6.07, 6.45) is 2.76. The zero-order valence-corrected chi connectivity index (χ0v) is 9.97. The van der Waals surface area contributed by atoms with E-state index in [0.717, 1.165) is 49.4 Å². The summed E-state index contributed by atoms with van der Waals surface area (Å²) >= 11 is 0. The zero-order chi connectivity index (χ0) is 11.5. The summed E-state index contributed by atoms with van der Waals surface area (Å²) in [5.41, 5.74) is 1.87. The van der Waals surface area contributed by atoms with Gasteiger partial charge in [-0.25, -0.2) is 4.98 Å². The molecular formula is C12H19N3O. The fourth-order valence-corrected chi connectivity index (χ4v) is 1.99. The molecule has 0 radical (unpaired) electrons. The van der Waals surface area contributed by atoms with Crippen molar-refractivity contribution in [1.29, 1.82) is 0 Å². The molecule has 0 saturated heterocycles. The average molecular weight is 221 g/mol. The van der Waals surface area contributed by atoms with Gasteiger partial charge in [0, 0.05) is 18.5 Å². The van der Waals surface area contributed by atoms with Crippen molar-refractivity contribution >= 4 is 0 Å². The number of nitrogens with zero attached hydrogens (tertiary/aromatic N) is 1. The lowest BCUT2D eigenvalue weighted by molar-refractivity contribution is 0.533. The van der Waals surface area contributed by atoms with E-state index >= 15 is 0 Å². The van der Waals surface area contributed by atoms with Crippen LogP contribution in [-0.2, 0) is 19.4 Å². The minimum atomic E-state index is 0.0600. The molecule has 1 atom stereocenters. The topological polar surface area (TPSA) is 57.8 Å². The molecule has 88 valence electrons. The molecule has 16 heavy (non-hydrogen) atoms. The van der Waals surface area contributed by atoms with Crippen molar-refractivity contribution in [3.63, 3.8) is 0 Å². The highest BCUT2D eigenvalue weighted by Crippen LogP contribution is 2.10.